The molecule has 0 amide bonds. The molecule has 0 aromatic carbocycles. The van der Waals surface area contributed by atoms with E-state index in [0.29, 0.717) is 5.13 Å². The third-order valence-electron chi connectivity index (χ3n) is 2.97. The van der Waals surface area contributed by atoms with E-state index in [0.717, 1.165) is 25.2 Å². The van der Waals surface area contributed by atoms with E-state index < -0.39 is 0 Å². The fourth-order valence-corrected chi connectivity index (χ4v) is 2.86. The summed E-state index contributed by atoms with van der Waals surface area (Å²) in [6.45, 7) is 1.99. The zero-order valence-corrected chi connectivity index (χ0v) is 10.3. The van der Waals surface area contributed by atoms with Crippen LogP contribution in [0, 0.1) is 5.92 Å². The van der Waals surface area contributed by atoms with Crippen molar-refractivity contribution in [1.82, 2.24) is 10.3 Å². The molecule has 0 spiro atoms. The predicted molar refractivity (Wildman–Crippen MR) is 68.4 cm³/mol. The Morgan fingerprint density at radius 1 is 1.65 bits per heavy atom. The van der Waals surface area contributed by atoms with Crippen LogP contribution in [0.4, 0.5) is 5.13 Å². The van der Waals surface area contributed by atoms with Crippen LogP contribution in [-0.2, 0) is 0 Å². The summed E-state index contributed by atoms with van der Waals surface area (Å²) in [4.78, 5) is 8.31. The number of thiazole rings is 1. The molecule has 2 unspecified atom stereocenters. The van der Waals surface area contributed by atoms with E-state index in [2.05, 4.69) is 15.3 Å². The van der Waals surface area contributed by atoms with E-state index in [1.165, 1.54) is 11.3 Å². The van der Waals surface area contributed by atoms with E-state index in [-0.39, 0.29) is 24.4 Å². The molecule has 1 saturated heterocycles. The molecule has 1 aliphatic rings. The van der Waals surface area contributed by atoms with Gasteiger partial charge in [-0.2, -0.15) is 4.99 Å². The van der Waals surface area contributed by atoms with Gasteiger partial charge in [0.15, 0.2) is 5.96 Å². The van der Waals surface area contributed by atoms with Crippen molar-refractivity contribution in [3.05, 3.63) is 11.1 Å². The summed E-state index contributed by atoms with van der Waals surface area (Å²) in [5, 5.41) is 15.2. The number of hydrogen-bond donors (Lipinski definition) is 4. The second kappa shape index (κ2) is 5.44. The van der Waals surface area contributed by atoms with Gasteiger partial charge >= 0.3 is 0 Å². The van der Waals surface area contributed by atoms with E-state index in [4.69, 9.17) is 11.5 Å². The third kappa shape index (κ3) is 2.93. The molecule has 94 valence electrons. The van der Waals surface area contributed by atoms with Crippen molar-refractivity contribution in [2.24, 2.45) is 22.4 Å². The van der Waals surface area contributed by atoms with Gasteiger partial charge in [0.1, 0.15) is 0 Å². The van der Waals surface area contributed by atoms with Gasteiger partial charge in [-0.15, -0.1) is 11.3 Å². The van der Waals surface area contributed by atoms with Gasteiger partial charge in [-0.05, 0) is 18.9 Å². The molecule has 17 heavy (non-hydrogen) atoms. The van der Waals surface area contributed by atoms with E-state index in [1.54, 1.807) is 0 Å². The van der Waals surface area contributed by atoms with Gasteiger partial charge in [-0.25, -0.2) is 4.98 Å². The number of guanidine groups is 1. The van der Waals surface area contributed by atoms with Crippen molar-refractivity contribution < 1.29 is 5.11 Å². The van der Waals surface area contributed by atoms with Gasteiger partial charge in [-0.3, -0.25) is 0 Å². The molecular formula is C10H17N5OS. The number of piperidine rings is 1. The summed E-state index contributed by atoms with van der Waals surface area (Å²) in [6.07, 6.45) is 0.969. The van der Waals surface area contributed by atoms with E-state index >= 15 is 0 Å². The molecule has 6 N–H and O–H groups in total. The SMILES string of the molecule is NC(N)=Nc1nc(C2CNCCC2CO)cs1. The number of aliphatic imine (C=N–C) groups is 1. The first kappa shape index (κ1) is 12.3. The van der Waals surface area contributed by atoms with Crippen molar-refractivity contribution in [3.63, 3.8) is 0 Å². The summed E-state index contributed by atoms with van der Waals surface area (Å²) >= 11 is 1.42. The number of nitrogens with two attached hydrogens (primary N) is 2. The third-order valence-corrected chi connectivity index (χ3v) is 3.73. The lowest BCUT2D eigenvalue weighted by atomic mass is 9.85. The van der Waals surface area contributed by atoms with Crippen LogP contribution in [0.5, 0.6) is 0 Å². The van der Waals surface area contributed by atoms with Gasteiger partial charge in [0, 0.05) is 24.4 Å². The standard InChI is InChI=1S/C10H17N5OS/c11-9(12)15-10-14-8(5-17-10)7-3-13-2-1-6(7)4-16/h5-7,13,16H,1-4H2,(H4,11,12,14,15). The number of nitrogens with one attached hydrogen (secondary N) is 1. The molecule has 1 aliphatic heterocycles. The van der Waals surface area contributed by atoms with Gasteiger partial charge in [-0.1, -0.05) is 0 Å². The molecule has 0 aliphatic carbocycles. The highest BCUT2D eigenvalue weighted by atomic mass is 32.1. The number of rotatable bonds is 3. The smallest absolute Gasteiger partial charge is 0.212 e. The average Bonchev–Trinajstić information content (AvgIpc) is 2.76. The van der Waals surface area contributed by atoms with Crippen LogP contribution in [0.25, 0.3) is 0 Å². The molecule has 1 aromatic heterocycles. The molecular weight excluding hydrogens is 238 g/mol. The molecule has 0 bridgehead atoms. The molecule has 1 fully saturated rings. The Balaban J connectivity index is 2.15. The van der Waals surface area contributed by atoms with Gasteiger partial charge in [0.25, 0.3) is 0 Å². The van der Waals surface area contributed by atoms with Crippen molar-refractivity contribution in [2.75, 3.05) is 19.7 Å². The summed E-state index contributed by atoms with van der Waals surface area (Å²) < 4.78 is 0. The Bertz CT molecular complexity index is 401. The molecule has 2 rings (SSSR count). The van der Waals surface area contributed by atoms with Crippen molar-refractivity contribution in [3.8, 4) is 0 Å². The second-order valence-corrected chi connectivity index (χ2v) is 4.97. The van der Waals surface area contributed by atoms with Crippen LogP contribution in [0.3, 0.4) is 0 Å². The summed E-state index contributed by atoms with van der Waals surface area (Å²) in [5.74, 6) is 0.532. The first-order valence-electron chi connectivity index (χ1n) is 5.57. The minimum absolute atomic E-state index is 0.0198. The largest absolute Gasteiger partial charge is 0.396 e. The minimum Gasteiger partial charge on any atom is -0.396 e. The quantitative estimate of drug-likeness (QED) is 0.439. The van der Waals surface area contributed by atoms with Crippen LogP contribution in [-0.4, -0.2) is 35.7 Å². The normalized spacial score (nSPS) is 24.5. The first-order valence-corrected chi connectivity index (χ1v) is 6.45. The zero-order chi connectivity index (χ0) is 12.3. The van der Waals surface area contributed by atoms with Crippen LogP contribution in [0.15, 0.2) is 10.4 Å². The molecule has 0 saturated carbocycles. The van der Waals surface area contributed by atoms with E-state index in [9.17, 15) is 5.11 Å². The van der Waals surface area contributed by atoms with Crippen molar-refractivity contribution in [1.29, 1.82) is 0 Å². The number of aliphatic hydroxyl groups is 1. The molecule has 2 atom stereocenters. The lowest BCUT2D eigenvalue weighted by Crippen LogP contribution is -2.36. The second-order valence-electron chi connectivity index (χ2n) is 4.13. The lowest BCUT2D eigenvalue weighted by molar-refractivity contribution is 0.175. The van der Waals surface area contributed by atoms with Crippen LogP contribution in [0.1, 0.15) is 18.0 Å². The van der Waals surface area contributed by atoms with Crippen molar-refractivity contribution in [2.45, 2.75) is 12.3 Å². The molecule has 1 aromatic rings. The maximum atomic E-state index is 9.36. The predicted octanol–water partition coefficient (Wildman–Crippen LogP) is -0.267. The van der Waals surface area contributed by atoms with Crippen LogP contribution < -0.4 is 16.8 Å². The average molecular weight is 255 g/mol. The Kier molecular flexibility index (Phi) is 3.93. The number of aliphatic hydroxyl groups excluding tert-OH is 1. The number of nitrogens with zero attached hydrogens (tertiary/aromatic N) is 2. The molecule has 7 heteroatoms. The highest BCUT2D eigenvalue weighted by Gasteiger charge is 2.27. The maximum absolute atomic E-state index is 9.36. The minimum atomic E-state index is 0.0198. The fraction of sp³-hybridized carbons (Fsp3) is 0.600. The summed E-state index contributed by atoms with van der Waals surface area (Å²) in [6, 6.07) is 0. The summed E-state index contributed by atoms with van der Waals surface area (Å²) in [5.41, 5.74) is 11.6. The number of aromatic nitrogens is 1. The Morgan fingerprint density at radius 3 is 3.18 bits per heavy atom. The van der Waals surface area contributed by atoms with Crippen LogP contribution in [0.2, 0.25) is 0 Å². The topological polar surface area (TPSA) is 110 Å². The molecule has 2 heterocycles. The summed E-state index contributed by atoms with van der Waals surface area (Å²) in [7, 11) is 0. The Labute approximate surface area is 104 Å². The fourth-order valence-electron chi connectivity index (χ4n) is 2.09. The Hall–Kier alpha value is -1.18. The number of hydrogen-bond acceptors (Lipinski definition) is 5. The van der Waals surface area contributed by atoms with Crippen LogP contribution >= 0.6 is 11.3 Å². The maximum Gasteiger partial charge on any atom is 0.212 e. The monoisotopic (exact) mass is 255 g/mol. The van der Waals surface area contributed by atoms with Gasteiger partial charge in [0.05, 0.1) is 5.69 Å². The molecule has 6 nitrogen and oxygen atoms in total. The first-order chi connectivity index (χ1) is 8.20. The van der Waals surface area contributed by atoms with E-state index in [1.807, 2.05) is 5.38 Å². The van der Waals surface area contributed by atoms with Crippen molar-refractivity contribution >= 4 is 22.4 Å². The highest BCUT2D eigenvalue weighted by molar-refractivity contribution is 7.13. The van der Waals surface area contributed by atoms with Gasteiger partial charge < -0.3 is 21.9 Å². The lowest BCUT2D eigenvalue weighted by Gasteiger charge is -2.29. The zero-order valence-electron chi connectivity index (χ0n) is 9.47. The highest BCUT2D eigenvalue weighted by Crippen LogP contribution is 2.31. The molecule has 0 radical (unpaired) electrons. The Morgan fingerprint density at radius 2 is 2.47 bits per heavy atom. The van der Waals surface area contributed by atoms with Gasteiger partial charge in [0.2, 0.25) is 5.13 Å².